The molecule has 1 aromatic carbocycles. The van der Waals surface area contributed by atoms with Gasteiger partial charge in [0.05, 0.1) is 0 Å². The third-order valence-corrected chi connectivity index (χ3v) is 3.95. The minimum Gasteiger partial charge on any atom is -0.300 e. The zero-order valence-corrected chi connectivity index (χ0v) is 10.7. The monoisotopic (exact) mass is 280 g/mol. The largest absolute Gasteiger partial charge is 0.300 e. The molecule has 0 radical (unpaired) electrons. The highest BCUT2D eigenvalue weighted by Gasteiger charge is 2.28. The third kappa shape index (κ3) is 2.24. The van der Waals surface area contributed by atoms with Crippen molar-refractivity contribution < 1.29 is 9.59 Å². The summed E-state index contributed by atoms with van der Waals surface area (Å²) >= 11 is 3.41. The fraction of sp³-hybridized carbons (Fsp3) is 0.385. The number of halogens is 1. The average molecular weight is 281 g/mol. The Kier molecular flexibility index (Phi) is 3.24. The molecular formula is C13H13BrO2. The van der Waals surface area contributed by atoms with Crippen LogP contribution < -0.4 is 0 Å². The highest BCUT2D eigenvalue weighted by molar-refractivity contribution is 9.10. The maximum Gasteiger partial charge on any atom is 0.166 e. The second-order valence-corrected chi connectivity index (χ2v) is 5.16. The fourth-order valence-electron chi connectivity index (χ4n) is 2.07. The first-order chi connectivity index (χ1) is 7.58. The van der Waals surface area contributed by atoms with Gasteiger partial charge in [-0.1, -0.05) is 22.0 Å². The van der Waals surface area contributed by atoms with Crippen molar-refractivity contribution in [2.75, 3.05) is 0 Å². The number of carbonyl (C=O) groups is 2. The average Bonchev–Trinajstić information content (AvgIpc) is 2.68. The predicted octanol–water partition coefficient (Wildman–Crippen LogP) is 3.31. The Bertz CT molecular complexity index is 451. The lowest BCUT2D eigenvalue weighted by molar-refractivity contribution is -0.117. The number of benzene rings is 1. The maximum absolute atomic E-state index is 12.1. The minimum atomic E-state index is -0.0897. The predicted molar refractivity (Wildman–Crippen MR) is 65.6 cm³/mol. The standard InChI is InChI=1S/C13H13BrO2/c1-8-6-9(3-5-12(8)14)13(16)10-2-4-11(15)7-10/h3,5-6,10H,2,4,7H2,1H3. The molecule has 1 aromatic rings. The van der Waals surface area contributed by atoms with Gasteiger partial charge < -0.3 is 0 Å². The van der Waals surface area contributed by atoms with E-state index in [-0.39, 0.29) is 17.5 Å². The van der Waals surface area contributed by atoms with E-state index in [1.807, 2.05) is 25.1 Å². The summed E-state index contributed by atoms with van der Waals surface area (Å²) in [6.45, 7) is 1.96. The van der Waals surface area contributed by atoms with Crippen molar-refractivity contribution in [2.45, 2.75) is 26.2 Å². The molecule has 0 spiro atoms. The van der Waals surface area contributed by atoms with Gasteiger partial charge in [0.1, 0.15) is 5.78 Å². The molecule has 0 aromatic heterocycles. The van der Waals surface area contributed by atoms with E-state index in [9.17, 15) is 9.59 Å². The summed E-state index contributed by atoms with van der Waals surface area (Å²) in [6, 6.07) is 5.59. The quantitative estimate of drug-likeness (QED) is 0.779. The SMILES string of the molecule is Cc1cc(C(=O)C2CCC(=O)C2)ccc1Br. The van der Waals surface area contributed by atoms with Crippen LogP contribution in [0.5, 0.6) is 0 Å². The number of hydrogen-bond donors (Lipinski definition) is 0. The van der Waals surface area contributed by atoms with Gasteiger partial charge in [-0.3, -0.25) is 9.59 Å². The third-order valence-electron chi connectivity index (χ3n) is 3.06. The maximum atomic E-state index is 12.1. The van der Waals surface area contributed by atoms with Gasteiger partial charge in [-0.05, 0) is 31.0 Å². The minimum absolute atomic E-state index is 0.0897. The van der Waals surface area contributed by atoms with Gasteiger partial charge in [0.15, 0.2) is 5.78 Å². The van der Waals surface area contributed by atoms with Gasteiger partial charge in [-0.15, -0.1) is 0 Å². The second-order valence-electron chi connectivity index (χ2n) is 4.31. The highest BCUT2D eigenvalue weighted by atomic mass is 79.9. The summed E-state index contributed by atoms with van der Waals surface area (Å²) in [4.78, 5) is 23.2. The molecule has 1 fully saturated rings. The molecule has 1 unspecified atom stereocenters. The van der Waals surface area contributed by atoms with Gasteiger partial charge >= 0.3 is 0 Å². The molecule has 0 bridgehead atoms. The van der Waals surface area contributed by atoms with Gasteiger partial charge in [0, 0.05) is 28.8 Å². The van der Waals surface area contributed by atoms with Crippen LogP contribution in [-0.2, 0) is 4.79 Å². The Morgan fingerprint density at radius 3 is 2.75 bits per heavy atom. The number of ketones is 2. The van der Waals surface area contributed by atoms with E-state index < -0.39 is 0 Å². The van der Waals surface area contributed by atoms with Crippen molar-refractivity contribution in [3.05, 3.63) is 33.8 Å². The van der Waals surface area contributed by atoms with Crippen LogP contribution in [0.2, 0.25) is 0 Å². The molecule has 0 N–H and O–H groups in total. The van der Waals surface area contributed by atoms with Gasteiger partial charge in [-0.2, -0.15) is 0 Å². The van der Waals surface area contributed by atoms with E-state index in [1.54, 1.807) is 0 Å². The van der Waals surface area contributed by atoms with Gasteiger partial charge in [0.2, 0.25) is 0 Å². The van der Waals surface area contributed by atoms with Gasteiger partial charge in [0.25, 0.3) is 0 Å². The smallest absolute Gasteiger partial charge is 0.166 e. The summed E-state index contributed by atoms with van der Waals surface area (Å²) in [5.74, 6) is 0.238. The molecule has 0 heterocycles. The van der Waals surface area contributed by atoms with Crippen LogP contribution in [0.1, 0.15) is 35.2 Å². The lowest BCUT2D eigenvalue weighted by Crippen LogP contribution is -2.11. The molecule has 2 nitrogen and oxygen atoms in total. The fourth-order valence-corrected chi connectivity index (χ4v) is 2.32. The van der Waals surface area contributed by atoms with Gasteiger partial charge in [-0.25, -0.2) is 0 Å². The Morgan fingerprint density at radius 1 is 1.44 bits per heavy atom. The first-order valence-corrected chi connectivity index (χ1v) is 6.19. The van der Waals surface area contributed by atoms with Crippen LogP contribution in [0.25, 0.3) is 0 Å². The van der Waals surface area contributed by atoms with E-state index in [0.717, 1.165) is 15.6 Å². The van der Waals surface area contributed by atoms with Crippen LogP contribution in [0, 0.1) is 12.8 Å². The second kappa shape index (κ2) is 4.50. The van der Waals surface area contributed by atoms with Crippen molar-refractivity contribution >= 4 is 27.5 Å². The number of rotatable bonds is 2. The molecule has 3 heteroatoms. The summed E-state index contributed by atoms with van der Waals surface area (Å²) in [5.41, 5.74) is 1.77. The summed E-state index contributed by atoms with van der Waals surface area (Å²) in [5, 5.41) is 0. The number of hydrogen-bond acceptors (Lipinski definition) is 2. The molecule has 1 atom stereocenters. The summed E-state index contributed by atoms with van der Waals surface area (Å²) in [6.07, 6.45) is 1.70. The van der Waals surface area contributed by atoms with Crippen molar-refractivity contribution in [3.63, 3.8) is 0 Å². The molecular weight excluding hydrogens is 268 g/mol. The summed E-state index contributed by atoms with van der Waals surface area (Å²) in [7, 11) is 0. The Labute approximate surface area is 103 Å². The molecule has 1 aliphatic carbocycles. The molecule has 84 valence electrons. The number of Topliss-reactive ketones (excluding diaryl/α,β-unsaturated/α-hetero) is 2. The lowest BCUT2D eigenvalue weighted by atomic mass is 9.95. The van der Waals surface area contributed by atoms with E-state index in [1.165, 1.54) is 0 Å². The van der Waals surface area contributed by atoms with E-state index in [0.29, 0.717) is 19.3 Å². The van der Waals surface area contributed by atoms with Crippen molar-refractivity contribution in [3.8, 4) is 0 Å². The van der Waals surface area contributed by atoms with E-state index in [4.69, 9.17) is 0 Å². The van der Waals surface area contributed by atoms with Crippen LogP contribution in [-0.4, -0.2) is 11.6 Å². The normalized spacial score (nSPS) is 20.1. The first-order valence-electron chi connectivity index (χ1n) is 5.40. The number of carbonyl (C=O) groups excluding carboxylic acids is 2. The molecule has 1 aliphatic rings. The Hall–Kier alpha value is -0.960. The highest BCUT2D eigenvalue weighted by Crippen LogP contribution is 2.27. The Balaban J connectivity index is 2.21. The molecule has 16 heavy (non-hydrogen) atoms. The lowest BCUT2D eigenvalue weighted by Gasteiger charge is -2.08. The molecule has 0 saturated heterocycles. The molecule has 0 amide bonds. The topological polar surface area (TPSA) is 34.1 Å². The first kappa shape index (κ1) is 11.5. The van der Waals surface area contributed by atoms with Crippen LogP contribution >= 0.6 is 15.9 Å². The van der Waals surface area contributed by atoms with E-state index in [2.05, 4.69) is 15.9 Å². The number of aryl methyl sites for hydroxylation is 1. The van der Waals surface area contributed by atoms with Crippen LogP contribution in [0.15, 0.2) is 22.7 Å². The van der Waals surface area contributed by atoms with Crippen molar-refractivity contribution in [1.82, 2.24) is 0 Å². The Morgan fingerprint density at radius 2 is 2.19 bits per heavy atom. The van der Waals surface area contributed by atoms with Crippen LogP contribution in [0.4, 0.5) is 0 Å². The van der Waals surface area contributed by atoms with Crippen molar-refractivity contribution in [2.24, 2.45) is 5.92 Å². The molecule has 0 aliphatic heterocycles. The van der Waals surface area contributed by atoms with Crippen LogP contribution in [0.3, 0.4) is 0 Å². The summed E-state index contributed by atoms with van der Waals surface area (Å²) < 4.78 is 1.01. The van der Waals surface area contributed by atoms with E-state index >= 15 is 0 Å². The van der Waals surface area contributed by atoms with Crippen molar-refractivity contribution in [1.29, 1.82) is 0 Å². The molecule has 1 saturated carbocycles. The zero-order chi connectivity index (χ0) is 11.7. The zero-order valence-electron chi connectivity index (χ0n) is 9.13. The molecule has 2 rings (SSSR count).